The van der Waals surface area contributed by atoms with E-state index in [0.29, 0.717) is 0 Å². The highest BCUT2D eigenvalue weighted by Gasteiger charge is 2.21. The Morgan fingerprint density at radius 1 is 1.38 bits per heavy atom. The van der Waals surface area contributed by atoms with E-state index in [9.17, 15) is 5.11 Å². The number of aliphatic hydroxyl groups is 1. The van der Waals surface area contributed by atoms with Crippen LogP contribution in [0.2, 0.25) is 0 Å². The number of aryl methyl sites for hydroxylation is 1. The van der Waals surface area contributed by atoms with Gasteiger partial charge in [0.1, 0.15) is 0 Å². The van der Waals surface area contributed by atoms with Crippen LogP contribution in [0, 0.1) is 6.92 Å². The van der Waals surface area contributed by atoms with E-state index < -0.39 is 5.60 Å². The van der Waals surface area contributed by atoms with Crippen LogP contribution in [-0.2, 0) is 5.60 Å². The second kappa shape index (κ2) is 3.93. The Morgan fingerprint density at radius 2 is 2.08 bits per heavy atom. The van der Waals surface area contributed by atoms with Gasteiger partial charge in [-0.2, -0.15) is 0 Å². The van der Waals surface area contributed by atoms with E-state index in [1.54, 1.807) is 0 Å². The highest BCUT2D eigenvalue weighted by atomic mass is 16.3. The normalized spacial score (nSPS) is 15.4. The van der Waals surface area contributed by atoms with Crippen molar-refractivity contribution in [1.29, 1.82) is 0 Å². The first kappa shape index (κ1) is 10.3. The number of hydrogen-bond acceptors (Lipinski definition) is 1. The van der Waals surface area contributed by atoms with Gasteiger partial charge in [0.2, 0.25) is 0 Å². The summed E-state index contributed by atoms with van der Waals surface area (Å²) in [5.41, 5.74) is 1.56. The van der Waals surface area contributed by atoms with Crippen molar-refractivity contribution in [2.75, 3.05) is 0 Å². The second-order valence-corrected chi connectivity index (χ2v) is 3.89. The molecule has 1 nitrogen and oxygen atoms in total. The molecular weight excluding hydrogens is 160 g/mol. The van der Waals surface area contributed by atoms with Crippen molar-refractivity contribution in [3.63, 3.8) is 0 Å². The van der Waals surface area contributed by atoms with Gasteiger partial charge in [-0.05, 0) is 25.8 Å². The summed E-state index contributed by atoms with van der Waals surface area (Å²) < 4.78 is 0. The lowest BCUT2D eigenvalue weighted by molar-refractivity contribution is 0.0469. The fourth-order valence-corrected chi connectivity index (χ4v) is 1.61. The van der Waals surface area contributed by atoms with Crippen molar-refractivity contribution in [1.82, 2.24) is 0 Å². The van der Waals surface area contributed by atoms with Crippen molar-refractivity contribution < 1.29 is 5.11 Å². The lowest BCUT2D eigenvalue weighted by Gasteiger charge is -2.23. The van der Waals surface area contributed by atoms with Gasteiger partial charge in [0.15, 0.2) is 0 Å². The van der Waals surface area contributed by atoms with Crippen LogP contribution in [0.5, 0.6) is 0 Å². The second-order valence-electron chi connectivity index (χ2n) is 3.89. The van der Waals surface area contributed by atoms with Gasteiger partial charge in [-0.15, -0.1) is 0 Å². The van der Waals surface area contributed by atoms with E-state index in [1.165, 1.54) is 5.56 Å². The van der Waals surface area contributed by atoms with E-state index in [2.05, 4.69) is 13.0 Å². The van der Waals surface area contributed by atoms with Crippen LogP contribution in [0.3, 0.4) is 0 Å². The van der Waals surface area contributed by atoms with Gasteiger partial charge in [-0.1, -0.05) is 43.2 Å². The number of hydrogen-bond donors (Lipinski definition) is 1. The van der Waals surface area contributed by atoms with Gasteiger partial charge < -0.3 is 5.11 Å². The van der Waals surface area contributed by atoms with Crippen LogP contribution in [0.15, 0.2) is 24.3 Å². The summed E-state index contributed by atoms with van der Waals surface area (Å²) in [6.45, 7) is 6.01. The zero-order chi connectivity index (χ0) is 9.90. The third kappa shape index (κ3) is 2.56. The van der Waals surface area contributed by atoms with Gasteiger partial charge >= 0.3 is 0 Å². The molecule has 0 bridgehead atoms. The van der Waals surface area contributed by atoms with E-state index >= 15 is 0 Å². The van der Waals surface area contributed by atoms with Crippen LogP contribution in [0.4, 0.5) is 0 Å². The summed E-state index contributed by atoms with van der Waals surface area (Å²) in [6.07, 6.45) is 1.82. The Labute approximate surface area is 80.4 Å². The molecule has 0 aliphatic carbocycles. The number of rotatable bonds is 3. The lowest BCUT2D eigenvalue weighted by Crippen LogP contribution is -2.20. The molecule has 1 aromatic carbocycles. The van der Waals surface area contributed by atoms with Gasteiger partial charge in [-0.25, -0.2) is 0 Å². The van der Waals surface area contributed by atoms with Crippen LogP contribution < -0.4 is 0 Å². The Kier molecular flexibility index (Phi) is 3.10. The molecule has 0 fully saturated rings. The monoisotopic (exact) mass is 178 g/mol. The van der Waals surface area contributed by atoms with Crippen LogP contribution in [-0.4, -0.2) is 5.11 Å². The standard InChI is InChI=1S/C12H18O/c1-4-8-12(3,13)11-7-5-6-10(2)9-11/h5-7,9,13H,4,8H2,1-3H3/t12-/m1/s1. The summed E-state index contributed by atoms with van der Waals surface area (Å²) in [5.74, 6) is 0. The molecule has 0 spiro atoms. The van der Waals surface area contributed by atoms with Gasteiger partial charge in [0, 0.05) is 0 Å². The lowest BCUT2D eigenvalue weighted by atomic mass is 9.90. The largest absolute Gasteiger partial charge is 0.385 e. The average molecular weight is 178 g/mol. The van der Waals surface area contributed by atoms with E-state index in [1.807, 2.05) is 32.0 Å². The maximum absolute atomic E-state index is 10.1. The van der Waals surface area contributed by atoms with Crippen molar-refractivity contribution in [2.45, 2.75) is 39.2 Å². The van der Waals surface area contributed by atoms with Crippen molar-refractivity contribution in [3.05, 3.63) is 35.4 Å². The predicted octanol–water partition coefficient (Wildman–Crippen LogP) is 3.00. The molecule has 0 saturated heterocycles. The molecule has 0 aliphatic heterocycles. The molecule has 1 rings (SSSR count). The molecular formula is C12H18O. The van der Waals surface area contributed by atoms with Gasteiger partial charge in [-0.3, -0.25) is 0 Å². The van der Waals surface area contributed by atoms with Crippen molar-refractivity contribution >= 4 is 0 Å². The summed E-state index contributed by atoms with van der Waals surface area (Å²) in [6, 6.07) is 8.08. The third-order valence-corrected chi connectivity index (χ3v) is 2.38. The minimum Gasteiger partial charge on any atom is -0.385 e. The van der Waals surface area contributed by atoms with Crippen LogP contribution in [0.25, 0.3) is 0 Å². The SMILES string of the molecule is CCC[C@@](C)(O)c1cccc(C)c1. The topological polar surface area (TPSA) is 20.2 Å². The maximum atomic E-state index is 10.1. The van der Waals surface area contributed by atoms with Crippen LogP contribution in [0.1, 0.15) is 37.8 Å². The molecule has 0 aliphatic rings. The van der Waals surface area contributed by atoms with E-state index in [0.717, 1.165) is 18.4 Å². The first-order valence-electron chi connectivity index (χ1n) is 4.86. The smallest absolute Gasteiger partial charge is 0.0868 e. The molecule has 1 N–H and O–H groups in total. The number of benzene rings is 1. The average Bonchev–Trinajstić information content (AvgIpc) is 2.04. The summed E-state index contributed by atoms with van der Waals surface area (Å²) in [5, 5.41) is 10.1. The molecule has 0 radical (unpaired) electrons. The van der Waals surface area contributed by atoms with Gasteiger partial charge in [0.05, 0.1) is 5.60 Å². The molecule has 0 saturated carbocycles. The van der Waals surface area contributed by atoms with E-state index in [-0.39, 0.29) is 0 Å². The fourth-order valence-electron chi connectivity index (χ4n) is 1.61. The Balaban J connectivity index is 2.93. The van der Waals surface area contributed by atoms with Crippen LogP contribution >= 0.6 is 0 Å². The predicted molar refractivity (Wildman–Crippen MR) is 55.7 cm³/mol. The minimum atomic E-state index is -0.666. The molecule has 0 amide bonds. The molecule has 0 heterocycles. The molecule has 0 unspecified atom stereocenters. The van der Waals surface area contributed by atoms with Gasteiger partial charge in [0.25, 0.3) is 0 Å². The summed E-state index contributed by atoms with van der Waals surface area (Å²) >= 11 is 0. The summed E-state index contributed by atoms with van der Waals surface area (Å²) in [4.78, 5) is 0. The Bertz CT molecular complexity index is 276. The maximum Gasteiger partial charge on any atom is 0.0868 e. The Morgan fingerprint density at radius 3 is 2.62 bits per heavy atom. The quantitative estimate of drug-likeness (QED) is 0.754. The van der Waals surface area contributed by atoms with Crippen molar-refractivity contribution in [2.24, 2.45) is 0 Å². The molecule has 72 valence electrons. The fraction of sp³-hybridized carbons (Fsp3) is 0.500. The molecule has 1 aromatic rings. The minimum absolute atomic E-state index is 0.666. The first-order chi connectivity index (χ1) is 6.06. The zero-order valence-electron chi connectivity index (χ0n) is 8.67. The molecule has 1 atom stereocenters. The molecule has 1 heteroatoms. The molecule has 0 aromatic heterocycles. The Hall–Kier alpha value is -0.820. The summed E-state index contributed by atoms with van der Waals surface area (Å²) in [7, 11) is 0. The molecule has 13 heavy (non-hydrogen) atoms. The highest BCUT2D eigenvalue weighted by molar-refractivity contribution is 5.26. The van der Waals surface area contributed by atoms with Crippen molar-refractivity contribution in [3.8, 4) is 0 Å². The highest BCUT2D eigenvalue weighted by Crippen LogP contribution is 2.25. The zero-order valence-corrected chi connectivity index (χ0v) is 8.67. The first-order valence-corrected chi connectivity index (χ1v) is 4.86. The van der Waals surface area contributed by atoms with E-state index in [4.69, 9.17) is 0 Å². The third-order valence-electron chi connectivity index (χ3n) is 2.38.